The van der Waals surface area contributed by atoms with E-state index in [9.17, 15) is 18.0 Å². The molecule has 1 aromatic heterocycles. The minimum atomic E-state index is -4.54. The first kappa shape index (κ1) is 18.0. The molecule has 1 amide bonds. The number of alkyl halides is 3. The molecule has 1 aromatic carbocycles. The molecule has 5 nitrogen and oxygen atoms in total. The number of halogens is 3. The Balaban J connectivity index is 1.76. The van der Waals surface area contributed by atoms with Gasteiger partial charge in [-0.05, 0) is 36.8 Å². The average molecular weight is 366 g/mol. The highest BCUT2D eigenvalue weighted by atomic mass is 19.4. The number of benzene rings is 1. The fourth-order valence-corrected chi connectivity index (χ4v) is 2.68. The molecule has 0 bridgehead atoms. The Labute approximate surface area is 148 Å². The van der Waals surface area contributed by atoms with Gasteiger partial charge in [-0.1, -0.05) is 6.07 Å². The summed E-state index contributed by atoms with van der Waals surface area (Å²) in [5.41, 5.74) is -0.0134. The second kappa shape index (κ2) is 6.86. The standard InChI is InChI=1S/C18H17F3N2O3/c1-11-13(4-6-16(22-11)18(19,20)21)17(24)23(2)10-12-3-5-14-15(9-12)26-8-7-25-14/h3-6,9H,7-8,10H2,1-2H3. The molecule has 0 fully saturated rings. The largest absolute Gasteiger partial charge is 0.486 e. The molecule has 0 aliphatic carbocycles. The first-order valence-corrected chi connectivity index (χ1v) is 7.94. The zero-order chi connectivity index (χ0) is 18.9. The number of aromatic nitrogens is 1. The van der Waals surface area contributed by atoms with Gasteiger partial charge in [0.05, 0.1) is 11.3 Å². The molecule has 0 spiro atoms. The van der Waals surface area contributed by atoms with Gasteiger partial charge in [0.25, 0.3) is 5.91 Å². The van der Waals surface area contributed by atoms with Crippen molar-refractivity contribution < 1.29 is 27.4 Å². The van der Waals surface area contributed by atoms with Gasteiger partial charge in [-0.25, -0.2) is 4.98 Å². The number of pyridine rings is 1. The van der Waals surface area contributed by atoms with Crippen LogP contribution in [0, 0.1) is 6.92 Å². The second-order valence-electron chi connectivity index (χ2n) is 5.97. The van der Waals surface area contributed by atoms with E-state index in [-0.39, 0.29) is 17.8 Å². The van der Waals surface area contributed by atoms with E-state index in [1.807, 2.05) is 6.07 Å². The van der Waals surface area contributed by atoms with Gasteiger partial charge in [-0.3, -0.25) is 4.79 Å². The number of aryl methyl sites for hydroxylation is 1. The molecule has 2 aromatic rings. The van der Waals surface area contributed by atoms with Crippen LogP contribution in [0.3, 0.4) is 0 Å². The lowest BCUT2D eigenvalue weighted by Crippen LogP contribution is -2.27. The average Bonchev–Trinajstić information content (AvgIpc) is 2.60. The Morgan fingerprint density at radius 3 is 2.50 bits per heavy atom. The number of amides is 1. The molecule has 0 radical (unpaired) electrons. The summed E-state index contributed by atoms with van der Waals surface area (Å²) in [6.45, 7) is 2.61. The summed E-state index contributed by atoms with van der Waals surface area (Å²) in [5.74, 6) is 0.859. The summed E-state index contributed by atoms with van der Waals surface area (Å²) in [5, 5.41) is 0. The molecule has 3 rings (SSSR count). The number of hydrogen-bond donors (Lipinski definition) is 0. The van der Waals surface area contributed by atoms with E-state index in [0.717, 1.165) is 17.7 Å². The van der Waals surface area contributed by atoms with Crippen molar-refractivity contribution in [3.63, 3.8) is 0 Å². The molecule has 26 heavy (non-hydrogen) atoms. The summed E-state index contributed by atoms with van der Waals surface area (Å²) in [6, 6.07) is 7.35. The second-order valence-corrected chi connectivity index (χ2v) is 5.97. The van der Waals surface area contributed by atoms with Crippen LogP contribution >= 0.6 is 0 Å². The number of carbonyl (C=O) groups excluding carboxylic acids is 1. The van der Waals surface area contributed by atoms with Gasteiger partial charge < -0.3 is 14.4 Å². The number of rotatable bonds is 3. The van der Waals surface area contributed by atoms with Gasteiger partial charge >= 0.3 is 6.18 Å². The zero-order valence-corrected chi connectivity index (χ0v) is 14.3. The van der Waals surface area contributed by atoms with Gasteiger partial charge in [0, 0.05) is 13.6 Å². The predicted molar refractivity (Wildman–Crippen MR) is 87.2 cm³/mol. The lowest BCUT2D eigenvalue weighted by atomic mass is 10.1. The fourth-order valence-electron chi connectivity index (χ4n) is 2.68. The van der Waals surface area contributed by atoms with E-state index in [4.69, 9.17) is 9.47 Å². The third kappa shape index (κ3) is 3.74. The normalized spacial score (nSPS) is 13.4. The smallest absolute Gasteiger partial charge is 0.433 e. The molecule has 2 heterocycles. The third-order valence-corrected chi connectivity index (χ3v) is 3.98. The summed E-state index contributed by atoms with van der Waals surface area (Å²) in [7, 11) is 1.58. The van der Waals surface area contributed by atoms with Crippen molar-refractivity contribution in [1.82, 2.24) is 9.88 Å². The van der Waals surface area contributed by atoms with Crippen LogP contribution in [0.1, 0.15) is 27.3 Å². The van der Waals surface area contributed by atoms with E-state index >= 15 is 0 Å². The fraction of sp³-hybridized carbons (Fsp3) is 0.333. The lowest BCUT2D eigenvalue weighted by Gasteiger charge is -2.21. The highest BCUT2D eigenvalue weighted by Gasteiger charge is 2.33. The first-order valence-electron chi connectivity index (χ1n) is 7.94. The highest BCUT2D eigenvalue weighted by Crippen LogP contribution is 2.31. The van der Waals surface area contributed by atoms with Gasteiger partial charge in [0.15, 0.2) is 11.5 Å². The van der Waals surface area contributed by atoms with Crippen LogP contribution in [0.5, 0.6) is 11.5 Å². The number of ether oxygens (including phenoxy) is 2. The Bertz CT molecular complexity index is 837. The van der Waals surface area contributed by atoms with Crippen molar-refractivity contribution in [2.75, 3.05) is 20.3 Å². The van der Waals surface area contributed by atoms with Gasteiger partial charge in [0.2, 0.25) is 0 Å². The molecule has 0 atom stereocenters. The molecule has 1 aliphatic rings. The lowest BCUT2D eigenvalue weighted by molar-refractivity contribution is -0.141. The molecule has 138 valence electrons. The maximum absolute atomic E-state index is 12.7. The Kier molecular flexibility index (Phi) is 4.76. The zero-order valence-electron chi connectivity index (χ0n) is 14.3. The highest BCUT2D eigenvalue weighted by molar-refractivity contribution is 5.95. The SMILES string of the molecule is Cc1nc(C(F)(F)F)ccc1C(=O)N(C)Cc1ccc2c(c1)OCCO2. The minimum absolute atomic E-state index is 0.0406. The molecular weight excluding hydrogens is 349 g/mol. The van der Waals surface area contributed by atoms with E-state index in [2.05, 4.69) is 4.98 Å². The van der Waals surface area contributed by atoms with Crippen LogP contribution in [0.4, 0.5) is 13.2 Å². The van der Waals surface area contributed by atoms with Crippen molar-refractivity contribution in [3.05, 3.63) is 52.8 Å². The summed E-state index contributed by atoms with van der Waals surface area (Å²) in [6.07, 6.45) is -4.54. The molecule has 0 unspecified atom stereocenters. The van der Waals surface area contributed by atoms with Gasteiger partial charge in [-0.15, -0.1) is 0 Å². The summed E-state index contributed by atoms with van der Waals surface area (Å²) >= 11 is 0. The summed E-state index contributed by atoms with van der Waals surface area (Å²) < 4.78 is 49.1. The quantitative estimate of drug-likeness (QED) is 0.835. The van der Waals surface area contributed by atoms with Crippen LogP contribution in [-0.2, 0) is 12.7 Å². The molecular formula is C18H17F3N2O3. The molecule has 0 N–H and O–H groups in total. The summed E-state index contributed by atoms with van der Waals surface area (Å²) in [4.78, 5) is 17.5. The molecule has 0 saturated heterocycles. The van der Waals surface area contributed by atoms with E-state index in [1.165, 1.54) is 11.8 Å². The molecule has 8 heteroatoms. The van der Waals surface area contributed by atoms with Crippen LogP contribution in [0.15, 0.2) is 30.3 Å². The topological polar surface area (TPSA) is 51.7 Å². The Morgan fingerprint density at radius 2 is 1.85 bits per heavy atom. The van der Waals surface area contributed by atoms with E-state index < -0.39 is 17.8 Å². The maximum Gasteiger partial charge on any atom is 0.433 e. The van der Waals surface area contributed by atoms with E-state index in [0.29, 0.717) is 24.7 Å². The third-order valence-electron chi connectivity index (χ3n) is 3.98. The van der Waals surface area contributed by atoms with Crippen molar-refractivity contribution >= 4 is 5.91 Å². The van der Waals surface area contributed by atoms with Gasteiger partial charge in [-0.2, -0.15) is 13.2 Å². The van der Waals surface area contributed by atoms with Crippen LogP contribution < -0.4 is 9.47 Å². The van der Waals surface area contributed by atoms with Crippen LogP contribution in [0.2, 0.25) is 0 Å². The number of fused-ring (bicyclic) bond motifs is 1. The van der Waals surface area contributed by atoms with Crippen LogP contribution in [-0.4, -0.2) is 36.1 Å². The monoisotopic (exact) mass is 366 g/mol. The first-order chi connectivity index (χ1) is 12.3. The minimum Gasteiger partial charge on any atom is -0.486 e. The van der Waals surface area contributed by atoms with Crippen molar-refractivity contribution in [2.45, 2.75) is 19.6 Å². The van der Waals surface area contributed by atoms with Crippen molar-refractivity contribution in [3.8, 4) is 11.5 Å². The maximum atomic E-state index is 12.7. The Morgan fingerprint density at radius 1 is 1.15 bits per heavy atom. The number of carbonyl (C=O) groups is 1. The number of hydrogen-bond acceptors (Lipinski definition) is 4. The van der Waals surface area contributed by atoms with Crippen LogP contribution in [0.25, 0.3) is 0 Å². The Hall–Kier alpha value is -2.77. The van der Waals surface area contributed by atoms with Crippen molar-refractivity contribution in [1.29, 1.82) is 0 Å². The van der Waals surface area contributed by atoms with E-state index in [1.54, 1.807) is 19.2 Å². The predicted octanol–water partition coefficient (Wildman–Crippen LogP) is 3.45. The van der Waals surface area contributed by atoms with Gasteiger partial charge in [0.1, 0.15) is 18.9 Å². The van der Waals surface area contributed by atoms with Crippen molar-refractivity contribution in [2.24, 2.45) is 0 Å². The number of nitrogens with zero attached hydrogens (tertiary/aromatic N) is 2. The molecule has 1 aliphatic heterocycles. The molecule has 0 saturated carbocycles.